The number of fused-ring (bicyclic) bond motifs is 1. The Morgan fingerprint density at radius 3 is 2.79 bits per heavy atom. The second-order valence-electron chi connectivity index (χ2n) is 7.40. The number of piperidine rings is 1. The fraction of sp³-hybridized carbons (Fsp3) is 0.391. The Morgan fingerprint density at radius 1 is 1.11 bits per heavy atom. The molecule has 3 aromatic rings. The van der Waals surface area contributed by atoms with Crippen molar-refractivity contribution in [3.8, 4) is 5.75 Å². The smallest absolute Gasteiger partial charge is 0.179 e. The third-order valence-electron chi connectivity index (χ3n) is 5.69. The van der Waals surface area contributed by atoms with Gasteiger partial charge in [0.1, 0.15) is 6.33 Å². The fourth-order valence-electron chi connectivity index (χ4n) is 4.18. The molecule has 4 rings (SSSR count). The van der Waals surface area contributed by atoms with Crippen molar-refractivity contribution in [3.05, 3.63) is 60.6 Å². The number of benzene rings is 2. The molecule has 1 aliphatic rings. The number of ether oxygens (including phenoxy) is 1. The number of likely N-dealkylation sites (tertiary alicyclic amines) is 1. The normalized spacial score (nSPS) is 15.6. The van der Waals surface area contributed by atoms with E-state index in [4.69, 9.17) is 4.74 Å². The van der Waals surface area contributed by atoms with Crippen LogP contribution in [0.5, 0.6) is 5.75 Å². The van der Waals surface area contributed by atoms with Crippen molar-refractivity contribution in [2.24, 2.45) is 0 Å². The Labute approximate surface area is 166 Å². The fourth-order valence-corrected chi connectivity index (χ4v) is 4.18. The molecule has 146 valence electrons. The maximum Gasteiger partial charge on any atom is 0.179 e. The summed E-state index contributed by atoms with van der Waals surface area (Å²) in [6, 6.07) is 15.5. The van der Waals surface area contributed by atoms with E-state index in [-0.39, 0.29) is 0 Å². The van der Waals surface area contributed by atoms with Gasteiger partial charge in [0.2, 0.25) is 0 Å². The molecule has 0 unspecified atom stereocenters. The van der Waals surface area contributed by atoms with Crippen LogP contribution in [-0.2, 0) is 0 Å². The van der Waals surface area contributed by atoms with Gasteiger partial charge in [-0.3, -0.25) is 0 Å². The number of hydrogen-bond donors (Lipinski definition) is 1. The van der Waals surface area contributed by atoms with E-state index in [1.165, 1.54) is 42.3 Å². The molecule has 0 bridgehead atoms. The molecule has 0 saturated carbocycles. The Balaban J connectivity index is 1.25. The number of aromatic nitrogens is 2. The molecule has 28 heavy (non-hydrogen) atoms. The number of nitrogens with zero attached hydrogens (tertiary/aromatic N) is 3. The van der Waals surface area contributed by atoms with Crippen LogP contribution in [0.1, 0.15) is 30.7 Å². The zero-order valence-electron chi connectivity index (χ0n) is 16.5. The minimum atomic E-state index is 0.672. The Morgan fingerprint density at radius 2 is 1.93 bits per heavy atom. The summed E-state index contributed by atoms with van der Waals surface area (Å²) in [5.74, 6) is 2.14. The monoisotopic (exact) mass is 376 g/mol. The van der Waals surface area contributed by atoms with E-state index in [1.807, 2.05) is 0 Å². The Bertz CT molecular complexity index is 901. The molecule has 1 aromatic heterocycles. The highest BCUT2D eigenvalue weighted by Crippen LogP contribution is 2.33. The Hall–Kier alpha value is -2.66. The third kappa shape index (κ3) is 4.25. The van der Waals surface area contributed by atoms with E-state index >= 15 is 0 Å². The maximum absolute atomic E-state index is 5.28. The van der Waals surface area contributed by atoms with Gasteiger partial charge in [0.25, 0.3) is 0 Å². The van der Waals surface area contributed by atoms with Crippen molar-refractivity contribution in [2.45, 2.75) is 25.2 Å². The molecule has 1 saturated heterocycles. The molecule has 0 aliphatic carbocycles. The van der Waals surface area contributed by atoms with Gasteiger partial charge in [-0.1, -0.05) is 42.5 Å². The lowest BCUT2D eigenvalue weighted by Crippen LogP contribution is -2.34. The van der Waals surface area contributed by atoms with Crippen LogP contribution in [-0.4, -0.2) is 48.2 Å². The molecule has 5 nitrogen and oxygen atoms in total. The van der Waals surface area contributed by atoms with E-state index in [1.54, 1.807) is 19.6 Å². The summed E-state index contributed by atoms with van der Waals surface area (Å²) in [6.07, 6.45) is 6.80. The van der Waals surface area contributed by atoms with Gasteiger partial charge in [-0.2, -0.15) is 0 Å². The van der Waals surface area contributed by atoms with Gasteiger partial charge in [0.05, 0.1) is 13.3 Å². The molecule has 2 aromatic carbocycles. The number of rotatable bonds is 7. The molecule has 0 spiro atoms. The van der Waals surface area contributed by atoms with Crippen LogP contribution in [0.3, 0.4) is 0 Å². The predicted octanol–water partition coefficient (Wildman–Crippen LogP) is 4.32. The lowest BCUT2D eigenvalue weighted by Gasteiger charge is -2.32. The Kier molecular flexibility index (Phi) is 6.02. The summed E-state index contributed by atoms with van der Waals surface area (Å²) in [7, 11) is 1.64. The molecule has 1 aliphatic heterocycles. The molecular formula is C23H28N4O. The van der Waals surface area contributed by atoms with Gasteiger partial charge in [0.15, 0.2) is 11.6 Å². The van der Waals surface area contributed by atoms with Crippen molar-refractivity contribution < 1.29 is 4.74 Å². The summed E-state index contributed by atoms with van der Waals surface area (Å²) >= 11 is 0. The molecule has 0 amide bonds. The van der Waals surface area contributed by atoms with E-state index < -0.39 is 0 Å². The quantitative estimate of drug-likeness (QED) is 0.622. The van der Waals surface area contributed by atoms with Gasteiger partial charge < -0.3 is 15.0 Å². The summed E-state index contributed by atoms with van der Waals surface area (Å²) in [5.41, 5.74) is 1.52. The third-order valence-corrected chi connectivity index (χ3v) is 5.69. The van der Waals surface area contributed by atoms with E-state index in [0.717, 1.165) is 25.3 Å². The SMILES string of the molecule is COc1cncnc1NCCCN1CCC(c2cccc3ccccc23)CC1. The van der Waals surface area contributed by atoms with Gasteiger partial charge in [-0.25, -0.2) is 9.97 Å². The van der Waals surface area contributed by atoms with Crippen molar-refractivity contribution in [3.63, 3.8) is 0 Å². The second-order valence-corrected chi connectivity index (χ2v) is 7.40. The minimum absolute atomic E-state index is 0.672. The van der Waals surface area contributed by atoms with Crippen molar-refractivity contribution in [2.75, 3.05) is 38.6 Å². The average molecular weight is 377 g/mol. The summed E-state index contributed by atoms with van der Waals surface area (Å²) in [6.45, 7) is 4.34. The summed E-state index contributed by atoms with van der Waals surface area (Å²) < 4.78 is 5.28. The predicted molar refractivity (Wildman–Crippen MR) is 114 cm³/mol. The zero-order chi connectivity index (χ0) is 19.2. The first-order chi connectivity index (χ1) is 13.8. The molecule has 1 fully saturated rings. The van der Waals surface area contributed by atoms with Gasteiger partial charge in [0, 0.05) is 6.54 Å². The van der Waals surface area contributed by atoms with Crippen LogP contribution in [0.25, 0.3) is 10.8 Å². The van der Waals surface area contributed by atoms with Crippen molar-refractivity contribution in [1.82, 2.24) is 14.9 Å². The average Bonchev–Trinajstić information content (AvgIpc) is 2.77. The van der Waals surface area contributed by atoms with Crippen LogP contribution in [0.2, 0.25) is 0 Å². The number of methoxy groups -OCH3 is 1. The van der Waals surface area contributed by atoms with E-state index in [2.05, 4.69) is 62.6 Å². The highest BCUT2D eigenvalue weighted by atomic mass is 16.5. The van der Waals surface area contributed by atoms with Gasteiger partial charge in [-0.05, 0) is 61.2 Å². The summed E-state index contributed by atoms with van der Waals surface area (Å²) in [5, 5.41) is 6.13. The van der Waals surface area contributed by atoms with E-state index in [9.17, 15) is 0 Å². The number of nitrogens with one attached hydrogen (secondary N) is 1. The first kappa shape index (κ1) is 18.7. The van der Waals surface area contributed by atoms with Gasteiger partial charge >= 0.3 is 0 Å². The molecule has 5 heteroatoms. The number of anilines is 1. The van der Waals surface area contributed by atoms with Crippen LogP contribution < -0.4 is 10.1 Å². The zero-order valence-corrected chi connectivity index (χ0v) is 16.5. The molecule has 1 N–H and O–H groups in total. The van der Waals surface area contributed by atoms with Crippen LogP contribution >= 0.6 is 0 Å². The van der Waals surface area contributed by atoms with Gasteiger partial charge in [-0.15, -0.1) is 0 Å². The largest absolute Gasteiger partial charge is 0.491 e. The van der Waals surface area contributed by atoms with E-state index in [0.29, 0.717) is 11.7 Å². The highest BCUT2D eigenvalue weighted by Gasteiger charge is 2.21. The second kappa shape index (κ2) is 9.02. The maximum atomic E-state index is 5.28. The number of hydrogen-bond acceptors (Lipinski definition) is 5. The highest BCUT2D eigenvalue weighted by molar-refractivity contribution is 5.86. The molecule has 0 radical (unpaired) electrons. The summed E-state index contributed by atoms with van der Waals surface area (Å²) in [4.78, 5) is 10.8. The minimum Gasteiger partial charge on any atom is -0.491 e. The molecular weight excluding hydrogens is 348 g/mol. The van der Waals surface area contributed by atoms with Crippen LogP contribution in [0.4, 0.5) is 5.82 Å². The first-order valence-electron chi connectivity index (χ1n) is 10.1. The van der Waals surface area contributed by atoms with Crippen molar-refractivity contribution in [1.29, 1.82) is 0 Å². The van der Waals surface area contributed by atoms with Crippen LogP contribution in [0.15, 0.2) is 55.0 Å². The lowest BCUT2D eigenvalue weighted by atomic mass is 9.86. The topological polar surface area (TPSA) is 50.3 Å². The molecule has 2 heterocycles. The lowest BCUT2D eigenvalue weighted by molar-refractivity contribution is 0.212. The first-order valence-corrected chi connectivity index (χ1v) is 10.1. The standard InChI is InChI=1S/C23H28N4O/c1-28-22-16-24-17-26-23(22)25-12-5-13-27-14-10-19(11-15-27)21-9-4-7-18-6-2-3-8-20(18)21/h2-4,6-9,16-17,19H,5,10-15H2,1H3,(H,24,25,26). The van der Waals surface area contributed by atoms with Crippen molar-refractivity contribution >= 4 is 16.6 Å². The molecule has 0 atom stereocenters. The van der Waals surface area contributed by atoms with Crippen LogP contribution in [0, 0.1) is 0 Å².